The van der Waals surface area contributed by atoms with Crippen molar-refractivity contribution in [2.75, 3.05) is 13.1 Å². The van der Waals surface area contributed by atoms with Crippen molar-refractivity contribution in [1.82, 2.24) is 19.4 Å². The van der Waals surface area contributed by atoms with Gasteiger partial charge in [-0.2, -0.15) is 4.98 Å². The summed E-state index contributed by atoms with van der Waals surface area (Å²) in [4.78, 5) is 55.8. The summed E-state index contributed by atoms with van der Waals surface area (Å²) in [6, 6.07) is 27.6. The van der Waals surface area contributed by atoms with Crippen LogP contribution in [0.25, 0.3) is 22.0 Å². The lowest BCUT2D eigenvalue weighted by Gasteiger charge is -2.40. The molecule has 1 aromatic heterocycles. The number of carboxylic acids is 2. The molecule has 4 N–H and O–H groups in total. The second kappa shape index (κ2) is 19.7. The van der Waals surface area contributed by atoms with Crippen LogP contribution >= 0.6 is 11.6 Å². The first-order valence-electron chi connectivity index (χ1n) is 18.8. The summed E-state index contributed by atoms with van der Waals surface area (Å²) in [5.41, 5.74) is 3.49. The molecule has 1 aliphatic heterocycles. The van der Waals surface area contributed by atoms with Crippen molar-refractivity contribution >= 4 is 40.3 Å². The average molecular weight is 819 g/mol. The Morgan fingerprint density at radius 2 is 1.41 bits per heavy atom. The number of hydrogen-bond acceptors (Lipinski definition) is 8. The van der Waals surface area contributed by atoms with E-state index in [9.17, 15) is 28.0 Å². The van der Waals surface area contributed by atoms with Crippen molar-refractivity contribution in [2.24, 2.45) is 0 Å². The maximum atomic E-state index is 14.5. The smallest absolute Gasteiger partial charge is 0.335 e. The van der Waals surface area contributed by atoms with Gasteiger partial charge in [0.1, 0.15) is 12.4 Å². The Hall–Kier alpha value is -5.54. The number of aliphatic hydroxyl groups is 2. The third kappa shape index (κ3) is 10.9. The molecule has 15 heteroatoms. The Morgan fingerprint density at radius 1 is 0.828 bits per heavy atom. The van der Waals surface area contributed by atoms with Crippen molar-refractivity contribution in [3.8, 4) is 11.1 Å². The molecule has 5 aromatic rings. The van der Waals surface area contributed by atoms with Crippen LogP contribution in [0.5, 0.6) is 0 Å². The standard InChI is InChI=1S/C39H39ClF2N4O2.C4H6O6/c1-26(2)44-22-20-32(21-23-44)45(24-27-10-12-28(13-11-27)29-14-17-31(40)18-15-29)37(47)25-46-35-9-4-3-7-33(35)39(48)43-36(46)19-16-30-6-5-8-34(41)38(30)42;5-1(3(7)8)2(6)4(9)10/h3-15,17-18,26,32H,16,19-25H2,1-2H3;1-2,5-6H,(H,7,8)(H,9,10). The van der Waals surface area contributed by atoms with Gasteiger partial charge >= 0.3 is 11.9 Å². The van der Waals surface area contributed by atoms with Gasteiger partial charge in [-0.3, -0.25) is 9.59 Å². The number of nitrogens with zero attached hydrogens (tertiary/aromatic N) is 4. The Balaban J connectivity index is 0.000000567. The average Bonchev–Trinajstić information content (AvgIpc) is 3.21. The van der Waals surface area contributed by atoms with Crippen molar-refractivity contribution in [3.63, 3.8) is 0 Å². The summed E-state index contributed by atoms with van der Waals surface area (Å²) in [6.45, 7) is 6.57. The molecule has 12 nitrogen and oxygen atoms in total. The lowest BCUT2D eigenvalue weighted by atomic mass is 10.00. The summed E-state index contributed by atoms with van der Waals surface area (Å²) in [6.07, 6.45) is -2.55. The quantitative estimate of drug-likeness (QED) is 0.118. The molecule has 306 valence electrons. The van der Waals surface area contributed by atoms with Crippen LogP contribution in [0.2, 0.25) is 5.02 Å². The number of benzene rings is 4. The molecule has 0 spiro atoms. The van der Waals surface area contributed by atoms with E-state index in [1.807, 2.05) is 35.2 Å². The largest absolute Gasteiger partial charge is 0.479 e. The topological polar surface area (TPSA) is 174 Å². The van der Waals surface area contributed by atoms with Gasteiger partial charge in [0.15, 0.2) is 23.8 Å². The van der Waals surface area contributed by atoms with E-state index in [0.717, 1.165) is 48.7 Å². The lowest BCUT2D eigenvalue weighted by Crippen LogP contribution is -2.49. The first kappa shape index (κ1) is 43.6. The van der Waals surface area contributed by atoms with Crippen LogP contribution in [0.15, 0.2) is 95.8 Å². The first-order chi connectivity index (χ1) is 27.6. The van der Waals surface area contributed by atoms with Crippen LogP contribution in [0.4, 0.5) is 8.78 Å². The van der Waals surface area contributed by atoms with Crippen LogP contribution < -0.4 is 5.56 Å². The Labute approximate surface area is 338 Å². The highest BCUT2D eigenvalue weighted by molar-refractivity contribution is 6.30. The molecule has 6 rings (SSSR count). The van der Waals surface area contributed by atoms with E-state index in [-0.39, 0.29) is 36.9 Å². The highest BCUT2D eigenvalue weighted by atomic mass is 35.5. The van der Waals surface area contributed by atoms with Gasteiger partial charge in [-0.1, -0.05) is 72.3 Å². The fourth-order valence-electron chi connectivity index (χ4n) is 6.89. The number of carbonyl (C=O) groups is 3. The fraction of sp³-hybridized carbons (Fsp3) is 0.326. The van der Waals surface area contributed by atoms with Crippen molar-refractivity contribution in [1.29, 1.82) is 0 Å². The molecule has 58 heavy (non-hydrogen) atoms. The molecular formula is C43H45ClF2N4O8. The van der Waals surface area contributed by atoms with Gasteiger partial charge < -0.3 is 34.8 Å². The third-order valence-corrected chi connectivity index (χ3v) is 10.4. The molecule has 1 fully saturated rings. The minimum atomic E-state index is -2.27. The number of piperidine rings is 1. The number of rotatable bonds is 13. The third-order valence-electron chi connectivity index (χ3n) is 10.2. The molecule has 1 saturated heterocycles. The minimum absolute atomic E-state index is 0.0342. The number of aromatic nitrogens is 2. The summed E-state index contributed by atoms with van der Waals surface area (Å²) in [7, 11) is 0. The van der Waals surface area contributed by atoms with Crippen molar-refractivity contribution in [2.45, 2.75) is 76.9 Å². The maximum absolute atomic E-state index is 14.5. The van der Waals surface area contributed by atoms with Crippen molar-refractivity contribution < 1.29 is 43.6 Å². The normalized spacial score (nSPS) is 14.4. The second-order valence-electron chi connectivity index (χ2n) is 14.3. The van der Waals surface area contributed by atoms with Gasteiger partial charge in [-0.15, -0.1) is 0 Å². The molecule has 0 bridgehead atoms. The number of aryl methyl sites for hydroxylation is 2. The zero-order chi connectivity index (χ0) is 42.1. The highest BCUT2D eigenvalue weighted by Crippen LogP contribution is 2.26. The Morgan fingerprint density at radius 3 is 2.00 bits per heavy atom. The van der Waals surface area contributed by atoms with E-state index in [4.69, 9.17) is 32.0 Å². The minimum Gasteiger partial charge on any atom is -0.479 e. The number of likely N-dealkylation sites (tertiary alicyclic amines) is 1. The number of carbonyl (C=O) groups excluding carboxylic acids is 1. The molecule has 2 atom stereocenters. The number of hydrogen-bond donors (Lipinski definition) is 4. The molecule has 2 unspecified atom stereocenters. The van der Waals surface area contributed by atoms with Gasteiger partial charge in [-0.25, -0.2) is 18.4 Å². The van der Waals surface area contributed by atoms with Gasteiger partial charge in [0, 0.05) is 43.2 Å². The number of fused-ring (bicyclic) bond motifs is 1. The van der Waals surface area contributed by atoms with Crippen LogP contribution in [-0.4, -0.2) is 95.0 Å². The van der Waals surface area contributed by atoms with Crippen LogP contribution in [-0.2, 0) is 40.3 Å². The zero-order valence-electron chi connectivity index (χ0n) is 32.0. The zero-order valence-corrected chi connectivity index (χ0v) is 32.7. The van der Waals surface area contributed by atoms with Gasteiger partial charge in [0.05, 0.1) is 10.9 Å². The van der Waals surface area contributed by atoms with E-state index in [1.54, 1.807) is 22.8 Å². The number of aliphatic hydroxyl groups excluding tert-OH is 2. The molecule has 4 aromatic carbocycles. The summed E-state index contributed by atoms with van der Waals surface area (Å²) < 4.78 is 30.3. The molecule has 0 aliphatic carbocycles. The van der Waals surface area contributed by atoms with E-state index >= 15 is 0 Å². The van der Waals surface area contributed by atoms with Crippen LogP contribution in [0.1, 0.15) is 43.6 Å². The summed E-state index contributed by atoms with van der Waals surface area (Å²) in [5, 5.41) is 33.6. The molecule has 1 amide bonds. The van der Waals surface area contributed by atoms with Crippen LogP contribution in [0, 0.1) is 11.6 Å². The highest BCUT2D eigenvalue weighted by Gasteiger charge is 2.31. The lowest BCUT2D eigenvalue weighted by molar-refractivity contribution is -0.165. The first-order valence-corrected chi connectivity index (χ1v) is 19.1. The molecule has 0 saturated carbocycles. The second-order valence-corrected chi connectivity index (χ2v) is 14.7. The fourth-order valence-corrected chi connectivity index (χ4v) is 7.02. The molecule has 2 heterocycles. The molecule has 1 aliphatic rings. The summed E-state index contributed by atoms with van der Waals surface area (Å²) in [5.74, 6) is -5.10. The number of amides is 1. The monoisotopic (exact) mass is 818 g/mol. The van der Waals surface area contributed by atoms with E-state index < -0.39 is 41.3 Å². The number of carboxylic acid groups (broad SMARTS) is 2. The Bertz CT molecular complexity index is 2260. The van der Waals surface area contributed by atoms with E-state index in [2.05, 4.69) is 48.0 Å². The Kier molecular flexibility index (Phi) is 14.8. The van der Waals surface area contributed by atoms with Crippen LogP contribution in [0.3, 0.4) is 0 Å². The number of halogens is 3. The number of para-hydroxylation sites is 1. The van der Waals surface area contributed by atoms with Gasteiger partial charge in [-0.05, 0) is 85.7 Å². The summed E-state index contributed by atoms with van der Waals surface area (Å²) >= 11 is 6.09. The molecular weight excluding hydrogens is 774 g/mol. The van der Waals surface area contributed by atoms with E-state index in [1.165, 1.54) is 12.1 Å². The van der Waals surface area contributed by atoms with Gasteiger partial charge in [0.25, 0.3) is 5.56 Å². The SMILES string of the molecule is CC(C)N1CCC(N(Cc2ccc(-c3ccc(Cl)cc3)cc2)C(=O)Cn2c(CCc3cccc(F)c3F)nc(=O)c3ccccc32)CC1.O=C(O)C(O)C(O)C(=O)O. The molecule has 0 radical (unpaired) electrons. The van der Waals surface area contributed by atoms with E-state index in [0.29, 0.717) is 34.3 Å². The van der Waals surface area contributed by atoms with Crippen molar-refractivity contribution in [3.05, 3.63) is 135 Å². The predicted molar refractivity (Wildman–Crippen MR) is 214 cm³/mol. The van der Waals surface area contributed by atoms with Gasteiger partial charge in [0.2, 0.25) is 5.91 Å². The maximum Gasteiger partial charge on any atom is 0.335 e. The number of aliphatic carboxylic acids is 2. The predicted octanol–water partition coefficient (Wildman–Crippen LogP) is 5.56.